The van der Waals surface area contributed by atoms with Crippen molar-refractivity contribution in [3.63, 3.8) is 0 Å². The summed E-state index contributed by atoms with van der Waals surface area (Å²) >= 11 is 0. The van der Waals surface area contributed by atoms with Gasteiger partial charge in [-0.25, -0.2) is 4.79 Å². The molecule has 0 radical (unpaired) electrons. The van der Waals surface area contributed by atoms with Gasteiger partial charge in [0.05, 0.1) is 13.2 Å². The average molecular weight is 272 g/mol. The Labute approximate surface area is 119 Å². The number of ether oxygens (including phenoxy) is 1. The average Bonchev–Trinajstić information content (AvgIpc) is 2.52. The maximum Gasteiger partial charge on any atom is 0.407 e. The second-order valence-electron chi connectivity index (χ2n) is 5.00. The van der Waals surface area contributed by atoms with Gasteiger partial charge in [-0.1, -0.05) is 31.1 Å². The van der Waals surface area contributed by atoms with Crippen LogP contribution >= 0.6 is 0 Å². The van der Waals surface area contributed by atoms with Crippen molar-refractivity contribution in [1.29, 1.82) is 0 Å². The molecule has 0 atom stereocenters. The summed E-state index contributed by atoms with van der Waals surface area (Å²) in [5.41, 5.74) is 0.838. The SMILES string of the molecule is O=C(NCC#Cc1cccnc1)OCC1CCCCC1. The van der Waals surface area contributed by atoms with Gasteiger partial charge in [-0.2, -0.15) is 0 Å². The van der Waals surface area contributed by atoms with Crippen LogP contribution in [0.1, 0.15) is 37.7 Å². The van der Waals surface area contributed by atoms with Crippen LogP contribution in [0.2, 0.25) is 0 Å². The molecule has 1 saturated carbocycles. The highest BCUT2D eigenvalue weighted by Crippen LogP contribution is 2.23. The number of carbonyl (C=O) groups is 1. The summed E-state index contributed by atoms with van der Waals surface area (Å²) < 4.78 is 5.20. The molecule has 4 heteroatoms. The molecule has 1 aromatic heterocycles. The van der Waals surface area contributed by atoms with Gasteiger partial charge in [-0.15, -0.1) is 0 Å². The summed E-state index contributed by atoms with van der Waals surface area (Å²) in [5.74, 6) is 6.33. The Kier molecular flexibility index (Phi) is 5.91. The minimum atomic E-state index is -0.379. The number of rotatable bonds is 3. The van der Waals surface area contributed by atoms with E-state index in [1.165, 1.54) is 32.1 Å². The van der Waals surface area contributed by atoms with Gasteiger partial charge in [0.1, 0.15) is 0 Å². The maximum absolute atomic E-state index is 11.5. The Morgan fingerprint density at radius 3 is 3.00 bits per heavy atom. The standard InChI is InChI=1S/C16H20N2O2/c19-16(20-13-15-6-2-1-3-7-15)18-11-5-9-14-8-4-10-17-12-14/h4,8,10,12,15H,1-3,6-7,11,13H2,(H,18,19). The van der Waals surface area contributed by atoms with E-state index in [9.17, 15) is 4.79 Å². The molecule has 1 aliphatic carbocycles. The Bertz CT molecular complexity index is 470. The van der Waals surface area contributed by atoms with Gasteiger partial charge in [0.15, 0.2) is 0 Å². The molecule has 0 saturated heterocycles. The molecule has 1 aliphatic rings. The van der Waals surface area contributed by atoms with Crippen LogP contribution in [-0.4, -0.2) is 24.2 Å². The highest BCUT2D eigenvalue weighted by atomic mass is 16.5. The fourth-order valence-electron chi connectivity index (χ4n) is 2.30. The minimum Gasteiger partial charge on any atom is -0.449 e. The first-order chi connectivity index (χ1) is 9.84. The van der Waals surface area contributed by atoms with Crippen molar-refractivity contribution < 1.29 is 9.53 Å². The first-order valence-electron chi connectivity index (χ1n) is 7.14. The van der Waals surface area contributed by atoms with E-state index in [0.717, 1.165) is 5.56 Å². The zero-order valence-electron chi connectivity index (χ0n) is 11.6. The number of carbonyl (C=O) groups excluding carboxylic acids is 1. The van der Waals surface area contributed by atoms with E-state index in [0.29, 0.717) is 19.1 Å². The van der Waals surface area contributed by atoms with Crippen molar-refractivity contribution in [2.45, 2.75) is 32.1 Å². The third kappa shape index (κ3) is 5.31. The summed E-state index contributed by atoms with van der Waals surface area (Å²) in [6.07, 6.45) is 9.18. The van der Waals surface area contributed by atoms with Gasteiger partial charge in [0.25, 0.3) is 0 Å². The Morgan fingerprint density at radius 2 is 2.25 bits per heavy atom. The molecule has 0 unspecified atom stereocenters. The second-order valence-corrected chi connectivity index (χ2v) is 5.00. The number of amides is 1. The highest BCUT2D eigenvalue weighted by Gasteiger charge is 2.14. The normalized spacial score (nSPS) is 15.0. The smallest absolute Gasteiger partial charge is 0.407 e. The third-order valence-electron chi connectivity index (χ3n) is 3.39. The predicted molar refractivity (Wildman–Crippen MR) is 77.0 cm³/mol. The summed E-state index contributed by atoms with van der Waals surface area (Å²) in [5, 5.41) is 2.64. The summed E-state index contributed by atoms with van der Waals surface area (Å²) in [7, 11) is 0. The lowest BCUT2D eigenvalue weighted by Gasteiger charge is -2.20. The van der Waals surface area contributed by atoms with E-state index in [1.54, 1.807) is 12.4 Å². The molecule has 0 spiro atoms. The lowest BCUT2D eigenvalue weighted by Crippen LogP contribution is -2.27. The van der Waals surface area contributed by atoms with E-state index in [2.05, 4.69) is 22.1 Å². The number of nitrogens with zero attached hydrogens (tertiary/aromatic N) is 1. The van der Waals surface area contributed by atoms with Crippen molar-refractivity contribution >= 4 is 6.09 Å². The lowest BCUT2D eigenvalue weighted by atomic mass is 9.90. The summed E-state index contributed by atoms with van der Waals surface area (Å²) in [6, 6.07) is 3.71. The molecule has 2 rings (SSSR count). The molecule has 1 aromatic rings. The van der Waals surface area contributed by atoms with Crippen LogP contribution in [0.3, 0.4) is 0 Å². The molecule has 1 amide bonds. The quantitative estimate of drug-likeness (QED) is 0.861. The number of hydrogen-bond donors (Lipinski definition) is 1. The van der Waals surface area contributed by atoms with Gasteiger partial charge in [-0.05, 0) is 30.9 Å². The van der Waals surface area contributed by atoms with E-state index < -0.39 is 0 Å². The third-order valence-corrected chi connectivity index (χ3v) is 3.39. The first-order valence-corrected chi connectivity index (χ1v) is 7.14. The Hall–Kier alpha value is -2.02. The number of hydrogen-bond acceptors (Lipinski definition) is 3. The second kappa shape index (κ2) is 8.21. The highest BCUT2D eigenvalue weighted by molar-refractivity contribution is 5.67. The van der Waals surface area contributed by atoms with Crippen LogP contribution in [0.25, 0.3) is 0 Å². The molecule has 0 bridgehead atoms. The molecule has 0 aromatic carbocycles. The van der Waals surface area contributed by atoms with E-state index in [4.69, 9.17) is 4.74 Å². The first kappa shape index (κ1) is 14.4. The van der Waals surface area contributed by atoms with Crippen LogP contribution in [0.5, 0.6) is 0 Å². The topological polar surface area (TPSA) is 51.2 Å². The minimum absolute atomic E-state index is 0.290. The number of alkyl carbamates (subject to hydrolysis) is 1. The van der Waals surface area contributed by atoms with Gasteiger partial charge < -0.3 is 10.1 Å². The zero-order valence-corrected chi connectivity index (χ0v) is 11.6. The Morgan fingerprint density at radius 1 is 1.40 bits per heavy atom. The molecule has 1 heterocycles. The van der Waals surface area contributed by atoms with Crippen molar-refractivity contribution in [3.8, 4) is 11.8 Å². The maximum atomic E-state index is 11.5. The number of pyridine rings is 1. The van der Waals surface area contributed by atoms with Crippen LogP contribution in [0.15, 0.2) is 24.5 Å². The summed E-state index contributed by atoms with van der Waals surface area (Å²) in [4.78, 5) is 15.4. The van der Waals surface area contributed by atoms with Crippen molar-refractivity contribution in [2.24, 2.45) is 5.92 Å². The van der Waals surface area contributed by atoms with Gasteiger partial charge in [-0.3, -0.25) is 4.98 Å². The molecule has 4 nitrogen and oxygen atoms in total. The molecule has 1 N–H and O–H groups in total. The van der Waals surface area contributed by atoms with E-state index >= 15 is 0 Å². The molecule has 106 valence electrons. The molecule has 0 aliphatic heterocycles. The molecule has 20 heavy (non-hydrogen) atoms. The molecule has 1 fully saturated rings. The van der Waals surface area contributed by atoms with Crippen LogP contribution in [0, 0.1) is 17.8 Å². The van der Waals surface area contributed by atoms with Crippen molar-refractivity contribution in [3.05, 3.63) is 30.1 Å². The van der Waals surface area contributed by atoms with Gasteiger partial charge in [0.2, 0.25) is 0 Å². The zero-order chi connectivity index (χ0) is 14.0. The van der Waals surface area contributed by atoms with E-state index in [-0.39, 0.29) is 6.09 Å². The fourth-order valence-corrected chi connectivity index (χ4v) is 2.30. The summed E-state index contributed by atoms with van der Waals surface area (Å²) in [6.45, 7) is 0.820. The van der Waals surface area contributed by atoms with Crippen LogP contribution in [-0.2, 0) is 4.74 Å². The largest absolute Gasteiger partial charge is 0.449 e. The monoisotopic (exact) mass is 272 g/mol. The molecular formula is C16H20N2O2. The lowest BCUT2D eigenvalue weighted by molar-refractivity contribution is 0.117. The van der Waals surface area contributed by atoms with Crippen molar-refractivity contribution in [2.75, 3.05) is 13.2 Å². The number of aromatic nitrogens is 1. The molecular weight excluding hydrogens is 252 g/mol. The van der Waals surface area contributed by atoms with Crippen molar-refractivity contribution in [1.82, 2.24) is 10.3 Å². The number of nitrogens with one attached hydrogen (secondary N) is 1. The van der Waals surface area contributed by atoms with Crippen LogP contribution < -0.4 is 5.32 Å². The van der Waals surface area contributed by atoms with Crippen LogP contribution in [0.4, 0.5) is 4.79 Å². The predicted octanol–water partition coefficient (Wildman–Crippen LogP) is 2.74. The van der Waals surface area contributed by atoms with Gasteiger partial charge in [0, 0.05) is 18.0 Å². The van der Waals surface area contributed by atoms with Gasteiger partial charge >= 0.3 is 6.09 Å². The fraction of sp³-hybridized carbons (Fsp3) is 0.500. The van der Waals surface area contributed by atoms with E-state index in [1.807, 2.05) is 12.1 Å². The Balaban J connectivity index is 1.61.